The highest BCUT2D eigenvalue weighted by Crippen LogP contribution is 2.19. The van der Waals surface area contributed by atoms with Crippen molar-refractivity contribution in [2.75, 3.05) is 6.61 Å². The van der Waals surface area contributed by atoms with Gasteiger partial charge < -0.3 is 9.84 Å². The number of aliphatic hydroxyl groups is 1. The summed E-state index contributed by atoms with van der Waals surface area (Å²) in [6, 6.07) is 9.19. The van der Waals surface area contributed by atoms with Crippen LogP contribution in [0.3, 0.4) is 0 Å². The number of allylic oxidation sites excluding steroid dienone is 2. The molecule has 0 aliphatic carbocycles. The summed E-state index contributed by atoms with van der Waals surface area (Å²) in [4.78, 5) is 25.4. The Morgan fingerprint density at radius 2 is 2.17 bits per heavy atom. The Labute approximate surface area is 142 Å². The van der Waals surface area contributed by atoms with Gasteiger partial charge in [0.25, 0.3) is 5.91 Å². The van der Waals surface area contributed by atoms with Crippen LogP contribution in [0.25, 0.3) is 0 Å². The molecule has 0 bridgehead atoms. The van der Waals surface area contributed by atoms with Gasteiger partial charge in [0, 0.05) is 6.42 Å². The molecule has 1 aliphatic heterocycles. The normalized spacial score (nSPS) is 19.1. The number of imide groups is 1. The van der Waals surface area contributed by atoms with Crippen LogP contribution in [-0.4, -0.2) is 40.8 Å². The fourth-order valence-corrected chi connectivity index (χ4v) is 2.65. The lowest BCUT2D eigenvalue weighted by Gasteiger charge is -2.22. The Balaban J connectivity index is 2.03. The molecule has 24 heavy (non-hydrogen) atoms. The van der Waals surface area contributed by atoms with Gasteiger partial charge in [-0.1, -0.05) is 48.1 Å². The van der Waals surface area contributed by atoms with E-state index in [1.54, 1.807) is 12.2 Å². The van der Waals surface area contributed by atoms with Gasteiger partial charge in [0.05, 0.1) is 6.04 Å². The van der Waals surface area contributed by atoms with Gasteiger partial charge >= 0.3 is 6.09 Å². The van der Waals surface area contributed by atoms with Crippen LogP contribution in [0.2, 0.25) is 0 Å². The molecular formula is C19H23NO4. The number of ether oxygens (including phenoxy) is 1. The molecule has 0 spiro atoms. The molecule has 1 N–H and O–H groups in total. The van der Waals surface area contributed by atoms with Crippen molar-refractivity contribution in [3.05, 3.63) is 60.2 Å². The number of carbonyl (C=O) groups is 2. The summed E-state index contributed by atoms with van der Waals surface area (Å²) in [5, 5.41) is 10.1. The lowest BCUT2D eigenvalue weighted by atomic mass is 10.0. The van der Waals surface area contributed by atoms with Crippen LogP contribution in [0.1, 0.15) is 25.3 Å². The van der Waals surface area contributed by atoms with Gasteiger partial charge in [0.1, 0.15) is 12.7 Å². The Morgan fingerprint density at radius 1 is 1.46 bits per heavy atom. The number of nitrogens with zero attached hydrogens (tertiary/aromatic N) is 1. The van der Waals surface area contributed by atoms with E-state index >= 15 is 0 Å². The predicted molar refractivity (Wildman–Crippen MR) is 91.3 cm³/mol. The molecule has 5 heteroatoms. The Morgan fingerprint density at radius 3 is 2.83 bits per heavy atom. The molecule has 0 radical (unpaired) electrons. The van der Waals surface area contributed by atoms with Gasteiger partial charge in [-0.2, -0.15) is 0 Å². The van der Waals surface area contributed by atoms with E-state index in [-0.39, 0.29) is 19.1 Å². The molecule has 1 fully saturated rings. The minimum absolute atomic E-state index is 0.150. The molecule has 5 nitrogen and oxygen atoms in total. The van der Waals surface area contributed by atoms with Crippen molar-refractivity contribution >= 4 is 12.0 Å². The minimum Gasteiger partial charge on any atom is -0.447 e. The molecule has 2 atom stereocenters. The zero-order valence-electron chi connectivity index (χ0n) is 13.9. The van der Waals surface area contributed by atoms with E-state index in [9.17, 15) is 14.7 Å². The molecule has 2 amide bonds. The predicted octanol–water partition coefficient (Wildman–Crippen LogP) is 2.85. The first-order valence-electron chi connectivity index (χ1n) is 8.01. The number of hydrogen-bond acceptors (Lipinski definition) is 4. The van der Waals surface area contributed by atoms with Crippen molar-refractivity contribution in [2.45, 2.75) is 38.3 Å². The molecular weight excluding hydrogens is 306 g/mol. The summed E-state index contributed by atoms with van der Waals surface area (Å²) in [6.45, 7) is 5.70. The molecule has 0 unspecified atom stereocenters. The average molecular weight is 329 g/mol. The van der Waals surface area contributed by atoms with Crippen LogP contribution >= 0.6 is 0 Å². The lowest BCUT2D eigenvalue weighted by Crippen LogP contribution is -2.45. The number of carbonyl (C=O) groups excluding carboxylic acids is 2. The summed E-state index contributed by atoms with van der Waals surface area (Å²) in [5.41, 5.74) is 2.02. The lowest BCUT2D eigenvalue weighted by molar-refractivity contribution is -0.137. The second-order valence-electron chi connectivity index (χ2n) is 5.92. The van der Waals surface area contributed by atoms with Crippen LogP contribution in [0.15, 0.2) is 54.6 Å². The van der Waals surface area contributed by atoms with E-state index in [0.29, 0.717) is 12.8 Å². The monoisotopic (exact) mass is 329 g/mol. The Kier molecular flexibility index (Phi) is 6.32. The quantitative estimate of drug-likeness (QED) is 0.781. The van der Waals surface area contributed by atoms with Gasteiger partial charge in [0.2, 0.25) is 0 Å². The number of amides is 2. The van der Waals surface area contributed by atoms with Crippen molar-refractivity contribution in [2.24, 2.45) is 0 Å². The molecule has 2 rings (SSSR count). The summed E-state index contributed by atoms with van der Waals surface area (Å²) >= 11 is 0. The molecule has 0 saturated carbocycles. The van der Waals surface area contributed by atoms with Crippen LogP contribution < -0.4 is 0 Å². The number of hydrogen-bond donors (Lipinski definition) is 1. The van der Waals surface area contributed by atoms with Gasteiger partial charge in [-0.15, -0.1) is 6.58 Å². The van der Waals surface area contributed by atoms with E-state index in [4.69, 9.17) is 4.74 Å². The van der Waals surface area contributed by atoms with Crippen LogP contribution in [0, 0.1) is 0 Å². The second kappa shape index (κ2) is 8.45. The minimum atomic E-state index is -1.26. The van der Waals surface area contributed by atoms with E-state index in [2.05, 4.69) is 6.58 Å². The summed E-state index contributed by atoms with van der Waals surface area (Å²) in [7, 11) is 0. The molecule has 1 aromatic rings. The highest BCUT2D eigenvalue weighted by atomic mass is 16.6. The third-order valence-corrected chi connectivity index (χ3v) is 3.95. The number of aliphatic hydroxyl groups excluding tert-OH is 1. The first kappa shape index (κ1) is 17.9. The standard InChI is InChI=1S/C19H23NO4/c1-3-7-14(2)10-11-17(21)18(22)20-16(13-24-19(20)23)12-15-8-5-4-6-9-15/h3-6,8-10,16-17,21H,1,7,11-13H2,2H3/b14-10-/t16-,17+/m1/s1. The third-order valence-electron chi connectivity index (χ3n) is 3.95. The SMILES string of the molecule is C=CC/C(C)=C\C[C@H](O)C(=O)N1C(=O)OC[C@H]1Cc1ccccc1. The maximum Gasteiger partial charge on any atom is 0.417 e. The maximum absolute atomic E-state index is 12.5. The van der Waals surface area contributed by atoms with E-state index < -0.39 is 18.1 Å². The first-order valence-corrected chi connectivity index (χ1v) is 8.01. The van der Waals surface area contributed by atoms with Gasteiger partial charge in [-0.05, 0) is 25.3 Å². The fourth-order valence-electron chi connectivity index (χ4n) is 2.65. The summed E-state index contributed by atoms with van der Waals surface area (Å²) in [6.07, 6.45) is 2.98. The van der Waals surface area contributed by atoms with Gasteiger partial charge in [-0.3, -0.25) is 4.79 Å². The Bertz CT molecular complexity index is 624. The molecule has 1 aliphatic rings. The number of cyclic esters (lactones) is 1. The largest absolute Gasteiger partial charge is 0.447 e. The van der Waals surface area contributed by atoms with Crippen molar-refractivity contribution < 1.29 is 19.4 Å². The highest BCUT2D eigenvalue weighted by Gasteiger charge is 2.40. The summed E-state index contributed by atoms with van der Waals surface area (Å²) < 4.78 is 5.01. The van der Waals surface area contributed by atoms with Crippen LogP contribution in [0.5, 0.6) is 0 Å². The molecule has 1 heterocycles. The Hall–Kier alpha value is -2.40. The molecule has 1 saturated heterocycles. The van der Waals surface area contributed by atoms with E-state index in [1.165, 1.54) is 0 Å². The third kappa shape index (κ3) is 4.55. The summed E-state index contributed by atoms with van der Waals surface area (Å²) in [5.74, 6) is -0.610. The second-order valence-corrected chi connectivity index (χ2v) is 5.92. The van der Waals surface area contributed by atoms with E-state index in [1.807, 2.05) is 37.3 Å². The van der Waals surface area contributed by atoms with Crippen LogP contribution in [0.4, 0.5) is 4.79 Å². The zero-order chi connectivity index (χ0) is 17.5. The smallest absolute Gasteiger partial charge is 0.417 e. The van der Waals surface area contributed by atoms with Crippen LogP contribution in [-0.2, 0) is 16.0 Å². The van der Waals surface area contributed by atoms with Crippen molar-refractivity contribution in [3.8, 4) is 0 Å². The van der Waals surface area contributed by atoms with Gasteiger partial charge in [-0.25, -0.2) is 9.69 Å². The fraction of sp³-hybridized carbons (Fsp3) is 0.368. The number of rotatable bonds is 7. The zero-order valence-corrected chi connectivity index (χ0v) is 13.9. The first-order chi connectivity index (χ1) is 11.5. The molecule has 128 valence electrons. The number of benzene rings is 1. The highest BCUT2D eigenvalue weighted by molar-refractivity contribution is 5.95. The molecule has 0 aromatic heterocycles. The average Bonchev–Trinajstić information content (AvgIpc) is 2.93. The topological polar surface area (TPSA) is 66.8 Å². The maximum atomic E-state index is 12.5. The van der Waals surface area contributed by atoms with Crippen molar-refractivity contribution in [1.82, 2.24) is 4.90 Å². The van der Waals surface area contributed by atoms with Gasteiger partial charge in [0.15, 0.2) is 0 Å². The van der Waals surface area contributed by atoms with Crippen molar-refractivity contribution in [1.29, 1.82) is 0 Å². The van der Waals surface area contributed by atoms with E-state index in [0.717, 1.165) is 16.0 Å². The van der Waals surface area contributed by atoms with Crippen molar-refractivity contribution in [3.63, 3.8) is 0 Å². The molecule has 1 aromatic carbocycles.